The summed E-state index contributed by atoms with van der Waals surface area (Å²) in [6.07, 6.45) is 1.59. The first kappa shape index (κ1) is 16.4. The van der Waals surface area contributed by atoms with Gasteiger partial charge in [-0.15, -0.1) is 0 Å². The van der Waals surface area contributed by atoms with Gasteiger partial charge in [0.05, 0.1) is 32.7 Å². The Hall–Kier alpha value is -3.42. The number of nitrogens with one attached hydrogen (secondary N) is 1. The van der Waals surface area contributed by atoms with Crippen LogP contribution in [0.2, 0.25) is 0 Å². The van der Waals surface area contributed by atoms with Crippen LogP contribution in [0.3, 0.4) is 0 Å². The van der Waals surface area contributed by atoms with Gasteiger partial charge >= 0.3 is 0 Å². The molecular weight excluding hydrogens is 322 g/mol. The van der Waals surface area contributed by atoms with E-state index in [4.69, 9.17) is 15.2 Å². The first-order valence-corrected chi connectivity index (χ1v) is 7.49. The van der Waals surface area contributed by atoms with Crippen LogP contribution in [-0.2, 0) is 6.54 Å². The summed E-state index contributed by atoms with van der Waals surface area (Å²) in [7, 11) is 3.10. The minimum absolute atomic E-state index is 0.00437. The largest absolute Gasteiger partial charge is 0.495 e. The number of methoxy groups -OCH3 is 2. The quantitative estimate of drug-likeness (QED) is 0.725. The first-order valence-electron chi connectivity index (χ1n) is 7.49. The average Bonchev–Trinajstić information content (AvgIpc) is 2.65. The molecular formula is C17H17N5O3. The maximum atomic E-state index is 12.6. The monoisotopic (exact) mass is 339 g/mol. The lowest BCUT2D eigenvalue weighted by Crippen LogP contribution is -2.25. The van der Waals surface area contributed by atoms with Crippen LogP contribution in [0.1, 0.15) is 16.2 Å². The lowest BCUT2D eigenvalue weighted by molar-refractivity contribution is 0.0947. The molecule has 0 bridgehead atoms. The average molecular weight is 339 g/mol. The number of benzene rings is 1. The van der Waals surface area contributed by atoms with Gasteiger partial charge in [0, 0.05) is 5.39 Å². The summed E-state index contributed by atoms with van der Waals surface area (Å²) in [5, 5.41) is 3.34. The maximum absolute atomic E-state index is 12.6. The van der Waals surface area contributed by atoms with Crippen molar-refractivity contribution in [3.05, 3.63) is 47.9 Å². The second-order valence-corrected chi connectivity index (χ2v) is 5.16. The minimum atomic E-state index is -0.370. The highest BCUT2D eigenvalue weighted by Crippen LogP contribution is 2.26. The van der Waals surface area contributed by atoms with E-state index in [-0.39, 0.29) is 24.1 Å². The zero-order valence-electron chi connectivity index (χ0n) is 13.8. The Morgan fingerprint density at radius 2 is 2.00 bits per heavy atom. The Morgan fingerprint density at radius 1 is 1.16 bits per heavy atom. The third-order valence-corrected chi connectivity index (χ3v) is 3.61. The fraction of sp³-hybridized carbons (Fsp3) is 0.176. The van der Waals surface area contributed by atoms with E-state index < -0.39 is 0 Å². The van der Waals surface area contributed by atoms with Gasteiger partial charge in [-0.1, -0.05) is 12.1 Å². The predicted molar refractivity (Wildman–Crippen MR) is 92.5 cm³/mol. The number of aromatic nitrogens is 3. The minimum Gasteiger partial charge on any atom is -0.495 e. The van der Waals surface area contributed by atoms with Crippen molar-refractivity contribution in [2.24, 2.45) is 0 Å². The second kappa shape index (κ2) is 7.00. The molecule has 2 aromatic heterocycles. The van der Waals surface area contributed by atoms with Crippen LogP contribution < -0.4 is 20.5 Å². The van der Waals surface area contributed by atoms with Crippen LogP contribution in [0, 0.1) is 0 Å². The maximum Gasteiger partial charge on any atom is 0.271 e. The zero-order chi connectivity index (χ0) is 17.8. The Bertz CT molecular complexity index is 912. The molecule has 0 fully saturated rings. The topological polar surface area (TPSA) is 112 Å². The van der Waals surface area contributed by atoms with Crippen LogP contribution in [0.5, 0.6) is 11.5 Å². The molecule has 1 aromatic carbocycles. The van der Waals surface area contributed by atoms with Crippen LogP contribution in [0.25, 0.3) is 10.9 Å². The third-order valence-electron chi connectivity index (χ3n) is 3.61. The van der Waals surface area contributed by atoms with Crippen molar-refractivity contribution in [1.29, 1.82) is 0 Å². The Labute approximate surface area is 144 Å². The van der Waals surface area contributed by atoms with Crippen LogP contribution in [0.15, 0.2) is 36.5 Å². The van der Waals surface area contributed by atoms with E-state index in [2.05, 4.69) is 20.3 Å². The van der Waals surface area contributed by atoms with Gasteiger partial charge < -0.3 is 20.5 Å². The molecule has 0 radical (unpaired) electrons. The van der Waals surface area contributed by atoms with Crippen molar-refractivity contribution in [3.63, 3.8) is 0 Å². The number of carbonyl (C=O) groups excluding carboxylic acids is 1. The van der Waals surface area contributed by atoms with E-state index in [9.17, 15) is 4.79 Å². The molecule has 2 heterocycles. The number of para-hydroxylation sites is 1. The number of ether oxygens (including phenoxy) is 2. The normalized spacial score (nSPS) is 10.5. The molecule has 0 atom stereocenters. The van der Waals surface area contributed by atoms with Crippen molar-refractivity contribution < 1.29 is 14.3 Å². The highest BCUT2D eigenvalue weighted by atomic mass is 16.5. The number of hydrogen-bond donors (Lipinski definition) is 2. The summed E-state index contributed by atoms with van der Waals surface area (Å²) in [6.45, 7) is 0.248. The molecule has 8 nitrogen and oxygen atoms in total. The molecule has 0 saturated heterocycles. The van der Waals surface area contributed by atoms with Gasteiger partial charge in [0.15, 0.2) is 0 Å². The third kappa shape index (κ3) is 3.42. The van der Waals surface area contributed by atoms with Crippen LogP contribution in [0.4, 0.5) is 5.95 Å². The SMILES string of the molecule is COc1ccc(CNC(=O)c2nc(N)nc3c(OC)cccc23)nc1. The summed E-state index contributed by atoms with van der Waals surface area (Å²) in [6, 6.07) is 8.81. The van der Waals surface area contributed by atoms with E-state index in [0.717, 1.165) is 0 Å². The summed E-state index contributed by atoms with van der Waals surface area (Å²) in [4.78, 5) is 25.0. The van der Waals surface area contributed by atoms with Gasteiger partial charge in [-0.3, -0.25) is 9.78 Å². The van der Waals surface area contributed by atoms with E-state index in [1.807, 2.05) is 0 Å². The number of nitrogens with two attached hydrogens (primary N) is 1. The summed E-state index contributed by atoms with van der Waals surface area (Å²) >= 11 is 0. The number of hydrogen-bond acceptors (Lipinski definition) is 7. The van der Waals surface area contributed by atoms with E-state index in [0.29, 0.717) is 28.1 Å². The van der Waals surface area contributed by atoms with Crippen molar-refractivity contribution in [2.45, 2.75) is 6.54 Å². The van der Waals surface area contributed by atoms with E-state index >= 15 is 0 Å². The summed E-state index contributed by atoms with van der Waals surface area (Å²) < 4.78 is 10.3. The predicted octanol–water partition coefficient (Wildman–Crippen LogP) is 1.55. The molecule has 0 aliphatic rings. The molecule has 3 N–H and O–H groups in total. The van der Waals surface area contributed by atoms with Crippen molar-refractivity contribution in [2.75, 3.05) is 20.0 Å². The smallest absolute Gasteiger partial charge is 0.271 e. The molecule has 0 spiro atoms. The lowest BCUT2D eigenvalue weighted by atomic mass is 10.1. The van der Waals surface area contributed by atoms with E-state index in [1.54, 1.807) is 43.6 Å². The molecule has 8 heteroatoms. The first-order chi connectivity index (χ1) is 12.1. The second-order valence-electron chi connectivity index (χ2n) is 5.16. The molecule has 0 unspecified atom stereocenters. The van der Waals surface area contributed by atoms with Gasteiger partial charge in [0.2, 0.25) is 5.95 Å². The highest BCUT2D eigenvalue weighted by molar-refractivity contribution is 6.05. The number of fused-ring (bicyclic) bond motifs is 1. The standard InChI is InChI=1S/C17H17N5O3/c1-24-11-7-6-10(19-9-11)8-20-16(23)15-12-4-3-5-13(25-2)14(12)21-17(18)22-15/h3-7,9H,8H2,1-2H3,(H,20,23)(H2,18,21,22). The van der Waals surface area contributed by atoms with Crippen LogP contribution >= 0.6 is 0 Å². The fourth-order valence-corrected chi connectivity index (χ4v) is 2.37. The summed E-state index contributed by atoms with van der Waals surface area (Å²) in [5.74, 6) is 0.809. The van der Waals surface area contributed by atoms with Crippen molar-refractivity contribution in [3.8, 4) is 11.5 Å². The van der Waals surface area contributed by atoms with Gasteiger partial charge in [-0.2, -0.15) is 0 Å². The Kier molecular flexibility index (Phi) is 4.60. The van der Waals surface area contributed by atoms with E-state index in [1.165, 1.54) is 7.11 Å². The number of amides is 1. The number of anilines is 1. The summed E-state index contributed by atoms with van der Waals surface area (Å²) in [5.41, 5.74) is 7.11. The van der Waals surface area contributed by atoms with Gasteiger partial charge in [0.25, 0.3) is 5.91 Å². The zero-order valence-corrected chi connectivity index (χ0v) is 13.8. The Balaban J connectivity index is 1.86. The lowest BCUT2D eigenvalue weighted by Gasteiger charge is -2.10. The molecule has 25 heavy (non-hydrogen) atoms. The van der Waals surface area contributed by atoms with Gasteiger partial charge in [-0.25, -0.2) is 9.97 Å². The van der Waals surface area contributed by atoms with Crippen molar-refractivity contribution >= 4 is 22.8 Å². The highest BCUT2D eigenvalue weighted by Gasteiger charge is 2.16. The molecule has 0 aliphatic carbocycles. The number of rotatable bonds is 5. The fourth-order valence-electron chi connectivity index (χ4n) is 2.37. The van der Waals surface area contributed by atoms with Gasteiger partial charge in [-0.05, 0) is 18.2 Å². The molecule has 1 amide bonds. The Morgan fingerprint density at radius 3 is 2.68 bits per heavy atom. The van der Waals surface area contributed by atoms with Crippen LogP contribution in [-0.4, -0.2) is 35.1 Å². The molecule has 0 saturated carbocycles. The number of nitrogens with zero attached hydrogens (tertiary/aromatic N) is 3. The number of nitrogen functional groups attached to an aromatic ring is 1. The number of pyridine rings is 1. The van der Waals surface area contributed by atoms with Gasteiger partial charge in [0.1, 0.15) is 22.7 Å². The molecule has 128 valence electrons. The van der Waals surface area contributed by atoms with Crippen molar-refractivity contribution in [1.82, 2.24) is 20.3 Å². The molecule has 0 aliphatic heterocycles. The number of carbonyl (C=O) groups is 1. The molecule has 3 aromatic rings. The molecule has 3 rings (SSSR count).